The summed E-state index contributed by atoms with van der Waals surface area (Å²) in [6.07, 6.45) is 0.411. The molecule has 1 aliphatic heterocycles. The summed E-state index contributed by atoms with van der Waals surface area (Å²) in [5.74, 6) is 1.26. The van der Waals surface area contributed by atoms with Crippen LogP contribution in [0.3, 0.4) is 0 Å². The zero-order chi connectivity index (χ0) is 21.1. The van der Waals surface area contributed by atoms with Gasteiger partial charge in [-0.25, -0.2) is 13.1 Å². The second-order valence-corrected chi connectivity index (χ2v) is 8.99. The van der Waals surface area contributed by atoms with Crippen LogP contribution in [0.25, 0.3) is 5.57 Å². The predicted octanol–water partition coefficient (Wildman–Crippen LogP) is 4.85. The van der Waals surface area contributed by atoms with Crippen LogP contribution in [-0.2, 0) is 10.0 Å². The zero-order valence-corrected chi connectivity index (χ0v) is 17.5. The molecule has 6 heteroatoms. The summed E-state index contributed by atoms with van der Waals surface area (Å²) in [5, 5.41) is 0. The first-order valence-corrected chi connectivity index (χ1v) is 11.1. The van der Waals surface area contributed by atoms with Gasteiger partial charge in [0.15, 0.2) is 11.5 Å². The van der Waals surface area contributed by atoms with Gasteiger partial charge < -0.3 is 9.47 Å². The molecule has 0 aromatic heterocycles. The molecule has 5 nitrogen and oxygen atoms in total. The summed E-state index contributed by atoms with van der Waals surface area (Å²) >= 11 is 0. The van der Waals surface area contributed by atoms with Crippen molar-refractivity contribution >= 4 is 15.6 Å². The van der Waals surface area contributed by atoms with Crippen molar-refractivity contribution in [3.05, 3.63) is 96.1 Å². The minimum absolute atomic E-state index is 0.162. The van der Waals surface area contributed by atoms with Gasteiger partial charge in [0.05, 0.1) is 10.9 Å². The van der Waals surface area contributed by atoms with Gasteiger partial charge in [0.2, 0.25) is 16.8 Å². The Bertz CT molecular complexity index is 1160. The number of hydrogen-bond donors (Lipinski definition) is 1. The molecule has 1 N–H and O–H groups in total. The summed E-state index contributed by atoms with van der Waals surface area (Å²) in [4.78, 5) is 0.226. The van der Waals surface area contributed by atoms with Gasteiger partial charge in [-0.2, -0.15) is 0 Å². The quantitative estimate of drug-likeness (QED) is 0.592. The van der Waals surface area contributed by atoms with E-state index < -0.39 is 16.1 Å². The molecule has 0 fully saturated rings. The Morgan fingerprint density at radius 2 is 1.70 bits per heavy atom. The van der Waals surface area contributed by atoms with Crippen molar-refractivity contribution in [1.29, 1.82) is 0 Å². The molecule has 1 unspecified atom stereocenters. The number of hydrogen-bond acceptors (Lipinski definition) is 4. The molecule has 0 radical (unpaired) electrons. The smallest absolute Gasteiger partial charge is 0.241 e. The topological polar surface area (TPSA) is 64.6 Å². The normalized spacial score (nSPS) is 13.8. The first kappa shape index (κ1) is 20.2. The molecule has 1 aliphatic rings. The van der Waals surface area contributed by atoms with Crippen LogP contribution in [0.5, 0.6) is 11.5 Å². The highest BCUT2D eigenvalue weighted by Crippen LogP contribution is 2.36. The van der Waals surface area contributed by atoms with Crippen molar-refractivity contribution in [2.45, 2.75) is 24.3 Å². The standard InChI is InChI=1S/C24H23NO4S/c1-17-8-11-21(12-9-17)30(26,27)25-22(14-18(2)19-6-4-3-5-7-19)20-10-13-23-24(15-20)29-16-28-23/h3-13,15,22,25H,2,14,16H2,1H3. The fraction of sp³-hybridized carbons (Fsp3) is 0.167. The molecular formula is C24H23NO4S. The average molecular weight is 422 g/mol. The maximum atomic E-state index is 13.1. The Morgan fingerprint density at radius 3 is 2.43 bits per heavy atom. The Labute approximate surface area is 177 Å². The van der Waals surface area contributed by atoms with Crippen molar-refractivity contribution < 1.29 is 17.9 Å². The number of benzene rings is 3. The van der Waals surface area contributed by atoms with Gasteiger partial charge in [0.1, 0.15) is 0 Å². The molecule has 0 bridgehead atoms. The number of sulfonamides is 1. The third-order valence-corrected chi connectivity index (χ3v) is 6.55. The van der Waals surface area contributed by atoms with Crippen molar-refractivity contribution in [2.75, 3.05) is 6.79 Å². The van der Waals surface area contributed by atoms with Gasteiger partial charge in [0, 0.05) is 0 Å². The highest BCUT2D eigenvalue weighted by Gasteiger charge is 2.24. The molecule has 4 rings (SSSR count). The lowest BCUT2D eigenvalue weighted by Crippen LogP contribution is -2.29. The molecule has 3 aromatic carbocycles. The minimum Gasteiger partial charge on any atom is -0.454 e. The van der Waals surface area contributed by atoms with Gasteiger partial charge in [-0.1, -0.05) is 60.7 Å². The van der Waals surface area contributed by atoms with Crippen LogP contribution in [0, 0.1) is 6.92 Å². The summed E-state index contributed by atoms with van der Waals surface area (Å²) in [5.41, 5.74) is 3.59. The largest absolute Gasteiger partial charge is 0.454 e. The molecule has 1 atom stereocenters. The molecule has 0 spiro atoms. The van der Waals surface area contributed by atoms with Crippen LogP contribution in [0.4, 0.5) is 0 Å². The lowest BCUT2D eigenvalue weighted by atomic mass is 9.96. The molecule has 0 saturated carbocycles. The summed E-state index contributed by atoms with van der Waals surface area (Å²) in [6, 6.07) is 21.5. The van der Waals surface area contributed by atoms with Gasteiger partial charge in [-0.05, 0) is 54.3 Å². The van der Waals surface area contributed by atoms with Crippen LogP contribution < -0.4 is 14.2 Å². The fourth-order valence-electron chi connectivity index (χ4n) is 3.37. The van der Waals surface area contributed by atoms with Crippen molar-refractivity contribution in [3.63, 3.8) is 0 Å². The van der Waals surface area contributed by atoms with Crippen LogP contribution in [0.1, 0.15) is 29.2 Å². The third kappa shape index (κ3) is 4.40. The van der Waals surface area contributed by atoms with E-state index in [4.69, 9.17) is 9.47 Å². The molecule has 3 aromatic rings. The highest BCUT2D eigenvalue weighted by atomic mass is 32.2. The van der Waals surface area contributed by atoms with Crippen LogP contribution in [-0.4, -0.2) is 15.2 Å². The highest BCUT2D eigenvalue weighted by molar-refractivity contribution is 7.89. The predicted molar refractivity (Wildman–Crippen MR) is 117 cm³/mol. The average Bonchev–Trinajstić information content (AvgIpc) is 3.22. The maximum absolute atomic E-state index is 13.1. The lowest BCUT2D eigenvalue weighted by Gasteiger charge is -2.21. The molecule has 1 heterocycles. The van der Waals surface area contributed by atoms with E-state index in [0.717, 1.165) is 22.3 Å². The maximum Gasteiger partial charge on any atom is 0.241 e. The SMILES string of the molecule is C=C(CC(NS(=O)(=O)c1ccc(C)cc1)c1ccc2c(c1)OCO2)c1ccccc1. The summed E-state index contributed by atoms with van der Waals surface area (Å²) < 4.78 is 39.9. The van der Waals surface area contributed by atoms with Crippen molar-refractivity contribution in [3.8, 4) is 11.5 Å². The number of nitrogens with one attached hydrogen (secondary N) is 1. The second kappa shape index (κ2) is 8.34. The van der Waals surface area contributed by atoms with E-state index >= 15 is 0 Å². The number of rotatable bonds is 7. The van der Waals surface area contributed by atoms with Gasteiger partial charge in [-0.3, -0.25) is 0 Å². The molecule has 30 heavy (non-hydrogen) atoms. The van der Waals surface area contributed by atoms with E-state index in [1.807, 2.05) is 49.4 Å². The fourth-order valence-corrected chi connectivity index (χ4v) is 4.59. The monoisotopic (exact) mass is 421 g/mol. The van der Waals surface area contributed by atoms with Crippen LogP contribution in [0.15, 0.2) is 84.3 Å². The van der Waals surface area contributed by atoms with Gasteiger partial charge in [0.25, 0.3) is 0 Å². The number of aryl methyl sites for hydroxylation is 1. The van der Waals surface area contributed by atoms with E-state index in [0.29, 0.717) is 17.9 Å². The Hall–Kier alpha value is -3.09. The molecule has 0 amide bonds. The minimum atomic E-state index is -3.73. The number of fused-ring (bicyclic) bond motifs is 1. The van der Waals surface area contributed by atoms with E-state index in [2.05, 4.69) is 11.3 Å². The first-order chi connectivity index (χ1) is 14.4. The Morgan fingerprint density at radius 1 is 1.00 bits per heavy atom. The second-order valence-electron chi connectivity index (χ2n) is 7.27. The van der Waals surface area contributed by atoms with E-state index in [-0.39, 0.29) is 11.7 Å². The van der Waals surface area contributed by atoms with Crippen LogP contribution in [0.2, 0.25) is 0 Å². The van der Waals surface area contributed by atoms with Crippen molar-refractivity contribution in [2.24, 2.45) is 0 Å². The Kier molecular flexibility index (Phi) is 5.61. The van der Waals surface area contributed by atoms with Crippen LogP contribution >= 0.6 is 0 Å². The lowest BCUT2D eigenvalue weighted by molar-refractivity contribution is 0.174. The molecule has 154 valence electrons. The molecule has 0 aliphatic carbocycles. The van der Waals surface area contributed by atoms with Crippen molar-refractivity contribution in [1.82, 2.24) is 4.72 Å². The zero-order valence-electron chi connectivity index (χ0n) is 16.7. The van der Waals surface area contributed by atoms with E-state index in [1.165, 1.54) is 0 Å². The summed E-state index contributed by atoms with van der Waals surface area (Å²) in [7, 11) is -3.73. The Balaban J connectivity index is 1.66. The molecule has 0 saturated heterocycles. The number of ether oxygens (including phenoxy) is 2. The van der Waals surface area contributed by atoms with Gasteiger partial charge >= 0.3 is 0 Å². The third-order valence-electron chi connectivity index (χ3n) is 5.06. The summed E-state index contributed by atoms with van der Waals surface area (Å²) in [6.45, 7) is 6.27. The van der Waals surface area contributed by atoms with Gasteiger partial charge in [-0.15, -0.1) is 0 Å². The first-order valence-electron chi connectivity index (χ1n) is 9.64. The van der Waals surface area contributed by atoms with E-state index in [1.54, 1.807) is 30.3 Å². The van der Waals surface area contributed by atoms with E-state index in [9.17, 15) is 8.42 Å². The molecular weight excluding hydrogens is 398 g/mol.